The Morgan fingerprint density at radius 3 is 2.38 bits per heavy atom. The van der Waals surface area contributed by atoms with Gasteiger partial charge in [0.2, 0.25) is 0 Å². The quantitative estimate of drug-likeness (QED) is 0.292. The number of rotatable bonds is 4. The summed E-state index contributed by atoms with van der Waals surface area (Å²) >= 11 is 0. The molecule has 0 bridgehead atoms. The summed E-state index contributed by atoms with van der Waals surface area (Å²) in [6, 6.07) is 19.8. The molecule has 0 saturated carbocycles. The number of nitrogens with zero attached hydrogens (tertiary/aromatic N) is 2. The molecule has 0 fully saturated rings. The fourth-order valence-electron chi connectivity index (χ4n) is 2.96. The molecule has 0 aliphatic heterocycles. The number of hydrogen-bond donors (Lipinski definition) is 0. The van der Waals surface area contributed by atoms with Crippen LogP contribution < -0.4 is 9.47 Å². The molecule has 26 heavy (non-hydrogen) atoms. The van der Waals surface area contributed by atoms with Crippen LogP contribution in [0.3, 0.4) is 0 Å². The standard InChI is InChI=1S/C20H14N2O4/c1-25-17-12-11-16-18(19(17)22(23)24)20(26-13-7-3-2-4-8-13)14-9-5-6-10-15(14)21-16/h2-12H,1H3. The van der Waals surface area contributed by atoms with Crippen LogP contribution in [-0.4, -0.2) is 17.0 Å². The van der Waals surface area contributed by atoms with Gasteiger partial charge in [0.15, 0.2) is 11.5 Å². The van der Waals surface area contributed by atoms with E-state index in [-0.39, 0.29) is 11.4 Å². The van der Waals surface area contributed by atoms with Gasteiger partial charge >= 0.3 is 5.69 Å². The Morgan fingerprint density at radius 2 is 1.65 bits per heavy atom. The molecule has 128 valence electrons. The first-order chi connectivity index (χ1) is 12.7. The number of aromatic nitrogens is 1. The van der Waals surface area contributed by atoms with Gasteiger partial charge in [0.25, 0.3) is 0 Å². The van der Waals surface area contributed by atoms with Crippen molar-refractivity contribution < 1.29 is 14.4 Å². The van der Waals surface area contributed by atoms with Crippen molar-refractivity contribution in [2.45, 2.75) is 0 Å². The average molecular weight is 346 g/mol. The zero-order valence-electron chi connectivity index (χ0n) is 13.9. The van der Waals surface area contributed by atoms with Gasteiger partial charge in [-0.1, -0.05) is 30.3 Å². The van der Waals surface area contributed by atoms with Gasteiger partial charge in [-0.25, -0.2) is 4.98 Å². The lowest BCUT2D eigenvalue weighted by atomic mass is 10.1. The summed E-state index contributed by atoms with van der Waals surface area (Å²) in [6.07, 6.45) is 0. The molecule has 3 aromatic carbocycles. The molecule has 6 heteroatoms. The third kappa shape index (κ3) is 2.57. The van der Waals surface area contributed by atoms with Gasteiger partial charge in [-0.15, -0.1) is 0 Å². The first-order valence-electron chi connectivity index (χ1n) is 7.96. The van der Waals surface area contributed by atoms with Crippen LogP contribution in [0.25, 0.3) is 21.8 Å². The number of para-hydroxylation sites is 2. The number of hydrogen-bond acceptors (Lipinski definition) is 5. The molecule has 4 aromatic rings. The molecule has 0 spiro atoms. The fraction of sp³-hybridized carbons (Fsp3) is 0.0500. The summed E-state index contributed by atoms with van der Waals surface area (Å²) in [5.74, 6) is 1.14. The van der Waals surface area contributed by atoms with E-state index in [1.165, 1.54) is 7.11 Å². The summed E-state index contributed by atoms with van der Waals surface area (Å²) in [5.41, 5.74) is 1.02. The van der Waals surface area contributed by atoms with E-state index in [4.69, 9.17) is 9.47 Å². The minimum atomic E-state index is -0.463. The highest BCUT2D eigenvalue weighted by molar-refractivity contribution is 6.06. The molecule has 0 N–H and O–H groups in total. The van der Waals surface area contributed by atoms with Crippen LogP contribution in [0.15, 0.2) is 66.7 Å². The molecule has 0 saturated heterocycles. The molecular formula is C20H14N2O4. The van der Waals surface area contributed by atoms with Crippen molar-refractivity contribution in [3.05, 3.63) is 76.8 Å². The summed E-state index contributed by atoms with van der Waals surface area (Å²) in [4.78, 5) is 15.9. The number of fused-ring (bicyclic) bond motifs is 2. The van der Waals surface area contributed by atoms with Crippen molar-refractivity contribution >= 4 is 27.5 Å². The number of pyridine rings is 1. The van der Waals surface area contributed by atoms with Crippen molar-refractivity contribution in [1.82, 2.24) is 4.98 Å². The Kier molecular flexibility index (Phi) is 3.85. The Hall–Kier alpha value is -3.67. The third-order valence-corrected chi connectivity index (χ3v) is 4.10. The van der Waals surface area contributed by atoms with E-state index in [0.717, 1.165) is 0 Å². The van der Waals surface area contributed by atoms with E-state index in [1.807, 2.05) is 42.5 Å². The van der Waals surface area contributed by atoms with Crippen LogP contribution in [0.1, 0.15) is 0 Å². The monoisotopic (exact) mass is 346 g/mol. The fourth-order valence-corrected chi connectivity index (χ4v) is 2.96. The second-order valence-corrected chi connectivity index (χ2v) is 5.64. The van der Waals surface area contributed by atoms with Gasteiger partial charge in [0, 0.05) is 5.39 Å². The first-order valence-corrected chi connectivity index (χ1v) is 7.96. The largest absolute Gasteiger partial charge is 0.490 e. The summed E-state index contributed by atoms with van der Waals surface area (Å²) < 4.78 is 11.3. The number of nitro groups is 1. The van der Waals surface area contributed by atoms with Gasteiger partial charge in [0.05, 0.1) is 23.1 Å². The summed E-state index contributed by atoms with van der Waals surface area (Å²) in [6.45, 7) is 0. The van der Waals surface area contributed by atoms with Crippen molar-refractivity contribution in [2.75, 3.05) is 7.11 Å². The minimum Gasteiger partial charge on any atom is -0.490 e. The highest BCUT2D eigenvalue weighted by Gasteiger charge is 2.25. The number of nitro benzene ring substituents is 1. The van der Waals surface area contributed by atoms with Gasteiger partial charge in [-0.05, 0) is 36.4 Å². The van der Waals surface area contributed by atoms with E-state index in [0.29, 0.717) is 33.3 Å². The Morgan fingerprint density at radius 1 is 0.923 bits per heavy atom. The topological polar surface area (TPSA) is 74.5 Å². The van der Waals surface area contributed by atoms with Crippen LogP contribution in [-0.2, 0) is 0 Å². The third-order valence-electron chi connectivity index (χ3n) is 4.10. The normalized spacial score (nSPS) is 10.8. The minimum absolute atomic E-state index is 0.158. The van der Waals surface area contributed by atoms with E-state index in [2.05, 4.69) is 4.98 Å². The molecule has 0 aliphatic rings. The van der Waals surface area contributed by atoms with E-state index < -0.39 is 4.92 Å². The number of methoxy groups -OCH3 is 1. The number of benzene rings is 3. The Labute approximate surface area is 148 Å². The lowest BCUT2D eigenvalue weighted by Gasteiger charge is -2.13. The van der Waals surface area contributed by atoms with Gasteiger partial charge in [-0.3, -0.25) is 10.1 Å². The van der Waals surface area contributed by atoms with Gasteiger partial charge in [-0.2, -0.15) is 0 Å². The van der Waals surface area contributed by atoms with Crippen molar-refractivity contribution in [2.24, 2.45) is 0 Å². The molecule has 0 atom stereocenters. The van der Waals surface area contributed by atoms with E-state index in [1.54, 1.807) is 24.3 Å². The highest BCUT2D eigenvalue weighted by atomic mass is 16.6. The predicted molar refractivity (Wildman–Crippen MR) is 99.0 cm³/mol. The first kappa shape index (κ1) is 15.8. The molecular weight excluding hydrogens is 332 g/mol. The van der Waals surface area contributed by atoms with Crippen molar-refractivity contribution in [3.8, 4) is 17.2 Å². The van der Waals surface area contributed by atoms with Crippen LogP contribution in [0.4, 0.5) is 5.69 Å². The highest BCUT2D eigenvalue weighted by Crippen LogP contribution is 2.44. The lowest BCUT2D eigenvalue weighted by Crippen LogP contribution is -1.98. The van der Waals surface area contributed by atoms with Crippen molar-refractivity contribution in [3.63, 3.8) is 0 Å². The maximum absolute atomic E-state index is 11.8. The predicted octanol–water partition coefficient (Wildman–Crippen LogP) is 5.10. The van der Waals surface area contributed by atoms with E-state index in [9.17, 15) is 10.1 Å². The zero-order chi connectivity index (χ0) is 18.1. The molecule has 1 aromatic heterocycles. The van der Waals surface area contributed by atoms with Gasteiger partial charge in [0.1, 0.15) is 11.1 Å². The molecule has 1 heterocycles. The molecule has 0 unspecified atom stereocenters. The lowest BCUT2D eigenvalue weighted by molar-refractivity contribution is -0.384. The Bertz CT molecular complexity index is 1130. The van der Waals surface area contributed by atoms with Crippen molar-refractivity contribution in [1.29, 1.82) is 0 Å². The number of ether oxygens (including phenoxy) is 2. The SMILES string of the molecule is COc1ccc2nc3ccccc3c(Oc3ccccc3)c2c1[N+](=O)[O-]. The van der Waals surface area contributed by atoms with Crippen LogP contribution in [0.5, 0.6) is 17.2 Å². The van der Waals surface area contributed by atoms with Crippen LogP contribution in [0.2, 0.25) is 0 Å². The molecule has 0 radical (unpaired) electrons. The second-order valence-electron chi connectivity index (χ2n) is 5.64. The molecule has 0 amide bonds. The average Bonchev–Trinajstić information content (AvgIpc) is 2.67. The van der Waals surface area contributed by atoms with E-state index >= 15 is 0 Å². The van der Waals surface area contributed by atoms with Crippen LogP contribution in [0, 0.1) is 10.1 Å². The van der Waals surface area contributed by atoms with Gasteiger partial charge < -0.3 is 9.47 Å². The molecule has 6 nitrogen and oxygen atoms in total. The maximum atomic E-state index is 11.8. The maximum Gasteiger partial charge on any atom is 0.324 e. The smallest absolute Gasteiger partial charge is 0.324 e. The zero-order valence-corrected chi connectivity index (χ0v) is 13.9. The second kappa shape index (κ2) is 6.33. The van der Waals surface area contributed by atoms with Crippen LogP contribution >= 0.6 is 0 Å². The molecule has 4 rings (SSSR count). The summed E-state index contributed by atoms with van der Waals surface area (Å²) in [7, 11) is 1.40. The summed E-state index contributed by atoms with van der Waals surface area (Å²) in [5, 5.41) is 12.8. The molecule has 0 aliphatic carbocycles. The Balaban J connectivity index is 2.13.